The molecule has 7 nitrogen and oxygen atoms in total. The van der Waals surface area contributed by atoms with E-state index in [1.165, 1.54) is 12.4 Å². The number of nitrogens with one attached hydrogen (secondary N) is 1. The Balaban J connectivity index is 1.63. The maximum absolute atomic E-state index is 12.5. The molecule has 0 atom stereocenters. The number of amides is 1. The number of aromatic nitrogens is 3. The van der Waals surface area contributed by atoms with Crippen molar-refractivity contribution in [2.75, 3.05) is 18.0 Å². The fourth-order valence-corrected chi connectivity index (χ4v) is 3.26. The zero-order valence-electron chi connectivity index (χ0n) is 13.8. The van der Waals surface area contributed by atoms with Crippen LogP contribution in [0.1, 0.15) is 12.8 Å². The predicted molar refractivity (Wildman–Crippen MR) is 94.2 cm³/mol. The van der Waals surface area contributed by atoms with Gasteiger partial charge in [0.1, 0.15) is 12.0 Å². The Morgan fingerprint density at radius 1 is 1.36 bits per heavy atom. The van der Waals surface area contributed by atoms with Crippen LogP contribution in [0.4, 0.5) is 5.69 Å². The van der Waals surface area contributed by atoms with Crippen molar-refractivity contribution < 1.29 is 4.79 Å². The van der Waals surface area contributed by atoms with Gasteiger partial charge in [-0.1, -0.05) is 6.58 Å². The summed E-state index contributed by atoms with van der Waals surface area (Å²) in [4.78, 5) is 39.1. The number of pyridine rings is 1. The van der Waals surface area contributed by atoms with Crippen LogP contribution in [0.15, 0.2) is 48.3 Å². The molecule has 25 heavy (non-hydrogen) atoms. The topological polar surface area (TPSA) is 82.2 Å². The number of aromatic amines is 1. The average Bonchev–Trinajstić information content (AvgIpc) is 3.43. The number of carbonyl (C=O) groups excluding carboxylic acids is 1. The minimum absolute atomic E-state index is 0.0596. The van der Waals surface area contributed by atoms with E-state index in [2.05, 4.69) is 26.4 Å². The summed E-state index contributed by atoms with van der Waals surface area (Å²) in [5.74, 6) is -0.0596. The third-order valence-corrected chi connectivity index (χ3v) is 4.72. The third kappa shape index (κ3) is 2.93. The van der Waals surface area contributed by atoms with Gasteiger partial charge in [0.2, 0.25) is 5.91 Å². The lowest BCUT2D eigenvalue weighted by atomic mass is 10.0. The molecule has 1 amide bonds. The maximum atomic E-state index is 12.5. The molecule has 1 saturated heterocycles. The molecular formula is C18H19N5O2. The lowest BCUT2D eigenvalue weighted by Crippen LogP contribution is -2.62. The van der Waals surface area contributed by atoms with Gasteiger partial charge in [0, 0.05) is 37.1 Å². The van der Waals surface area contributed by atoms with Gasteiger partial charge in [-0.3, -0.25) is 9.59 Å². The van der Waals surface area contributed by atoms with E-state index >= 15 is 0 Å². The summed E-state index contributed by atoms with van der Waals surface area (Å²) < 4.78 is 0. The first kappa shape index (κ1) is 15.6. The second kappa shape index (κ2) is 6.16. The van der Waals surface area contributed by atoms with Crippen LogP contribution < -0.4 is 10.5 Å². The second-order valence-corrected chi connectivity index (χ2v) is 6.44. The SMILES string of the molecule is C=CC(=O)N1CC(N(c2cc(-c3ccncn3)c[nH]c2=O)C2CC2)C1. The van der Waals surface area contributed by atoms with E-state index in [0.29, 0.717) is 24.8 Å². The monoisotopic (exact) mass is 337 g/mol. The Bertz CT molecular complexity index is 853. The van der Waals surface area contributed by atoms with Gasteiger partial charge in [-0.15, -0.1) is 0 Å². The van der Waals surface area contributed by atoms with E-state index in [9.17, 15) is 9.59 Å². The lowest BCUT2D eigenvalue weighted by Gasteiger charge is -2.46. The molecule has 1 aliphatic carbocycles. The highest BCUT2D eigenvalue weighted by Crippen LogP contribution is 2.35. The summed E-state index contributed by atoms with van der Waals surface area (Å²) in [5.41, 5.74) is 2.15. The zero-order chi connectivity index (χ0) is 17.4. The van der Waals surface area contributed by atoms with Gasteiger partial charge in [0.15, 0.2) is 0 Å². The van der Waals surface area contributed by atoms with Crippen molar-refractivity contribution in [3.05, 3.63) is 53.9 Å². The molecule has 128 valence electrons. The van der Waals surface area contributed by atoms with Crippen LogP contribution in [0, 0.1) is 0 Å². The van der Waals surface area contributed by atoms with E-state index in [-0.39, 0.29) is 17.5 Å². The molecule has 2 aromatic heterocycles. The van der Waals surface area contributed by atoms with Crippen molar-refractivity contribution in [2.45, 2.75) is 24.9 Å². The van der Waals surface area contributed by atoms with Crippen LogP contribution >= 0.6 is 0 Å². The van der Waals surface area contributed by atoms with Crippen LogP contribution in [0.3, 0.4) is 0 Å². The maximum Gasteiger partial charge on any atom is 0.271 e. The average molecular weight is 337 g/mol. The molecule has 1 saturated carbocycles. The number of likely N-dealkylation sites (tertiary alicyclic amines) is 1. The standard InChI is InChI=1S/C18H19N5O2/c1-2-17(24)22-9-14(10-22)23(13-3-4-13)16-7-12(8-20-18(16)25)15-5-6-19-11-21-15/h2,5-8,11,13-14H,1,3-4,9-10H2,(H,20,25). The van der Waals surface area contributed by atoms with Gasteiger partial charge in [0.05, 0.1) is 11.7 Å². The summed E-state index contributed by atoms with van der Waals surface area (Å²) in [6, 6.07) is 4.23. The van der Waals surface area contributed by atoms with Crippen LogP contribution in [-0.4, -0.2) is 50.9 Å². The molecule has 1 N–H and O–H groups in total. The van der Waals surface area contributed by atoms with Crippen LogP contribution in [-0.2, 0) is 4.79 Å². The lowest BCUT2D eigenvalue weighted by molar-refractivity contribution is -0.130. The quantitative estimate of drug-likeness (QED) is 0.829. The first-order valence-electron chi connectivity index (χ1n) is 8.36. The summed E-state index contributed by atoms with van der Waals surface area (Å²) in [6.07, 6.45) is 8.32. The first-order valence-corrected chi connectivity index (χ1v) is 8.36. The van der Waals surface area contributed by atoms with Gasteiger partial charge >= 0.3 is 0 Å². The minimum atomic E-state index is -0.113. The fraction of sp³-hybridized carbons (Fsp3) is 0.333. The highest BCUT2D eigenvalue weighted by molar-refractivity contribution is 5.88. The number of anilines is 1. The molecule has 2 aliphatic rings. The molecule has 4 rings (SSSR count). The number of nitrogens with zero attached hydrogens (tertiary/aromatic N) is 4. The van der Waals surface area contributed by atoms with Crippen molar-refractivity contribution in [2.24, 2.45) is 0 Å². The first-order chi connectivity index (χ1) is 12.2. The molecule has 2 fully saturated rings. The largest absolute Gasteiger partial charge is 0.358 e. The molecule has 0 unspecified atom stereocenters. The van der Waals surface area contributed by atoms with Gasteiger partial charge in [-0.05, 0) is 31.1 Å². The number of hydrogen-bond donors (Lipinski definition) is 1. The fourth-order valence-electron chi connectivity index (χ4n) is 3.26. The highest BCUT2D eigenvalue weighted by Gasteiger charge is 2.41. The molecular weight excluding hydrogens is 318 g/mol. The van der Waals surface area contributed by atoms with E-state index in [1.807, 2.05) is 12.1 Å². The third-order valence-electron chi connectivity index (χ3n) is 4.72. The molecule has 0 spiro atoms. The van der Waals surface area contributed by atoms with Crippen LogP contribution in [0.2, 0.25) is 0 Å². The Labute approximate surface area is 145 Å². The van der Waals surface area contributed by atoms with Crippen molar-refractivity contribution in [3.8, 4) is 11.3 Å². The molecule has 0 aromatic carbocycles. The van der Waals surface area contributed by atoms with Gasteiger partial charge in [0.25, 0.3) is 5.56 Å². The van der Waals surface area contributed by atoms with Gasteiger partial charge in [-0.25, -0.2) is 9.97 Å². The van der Waals surface area contributed by atoms with E-state index < -0.39 is 0 Å². The van der Waals surface area contributed by atoms with Crippen LogP contribution in [0.5, 0.6) is 0 Å². The number of hydrogen-bond acceptors (Lipinski definition) is 5. The highest BCUT2D eigenvalue weighted by atomic mass is 16.2. The zero-order valence-corrected chi connectivity index (χ0v) is 13.8. The van der Waals surface area contributed by atoms with Crippen molar-refractivity contribution in [3.63, 3.8) is 0 Å². The summed E-state index contributed by atoms with van der Waals surface area (Å²) >= 11 is 0. The molecule has 0 radical (unpaired) electrons. The Hall–Kier alpha value is -2.96. The summed E-state index contributed by atoms with van der Waals surface area (Å²) in [7, 11) is 0. The second-order valence-electron chi connectivity index (χ2n) is 6.44. The molecule has 1 aliphatic heterocycles. The minimum Gasteiger partial charge on any atom is -0.358 e. The summed E-state index contributed by atoms with van der Waals surface area (Å²) in [6.45, 7) is 4.77. The molecule has 0 bridgehead atoms. The van der Waals surface area contributed by atoms with Gasteiger partial charge < -0.3 is 14.8 Å². The number of carbonyl (C=O) groups is 1. The predicted octanol–water partition coefficient (Wildman–Crippen LogP) is 1.20. The van der Waals surface area contributed by atoms with Gasteiger partial charge in [-0.2, -0.15) is 0 Å². The van der Waals surface area contributed by atoms with Crippen molar-refractivity contribution in [1.29, 1.82) is 0 Å². The summed E-state index contributed by atoms with van der Waals surface area (Å²) in [5, 5.41) is 0. The number of rotatable bonds is 5. The Kier molecular flexibility index (Phi) is 3.83. The number of H-pyrrole nitrogens is 1. The Morgan fingerprint density at radius 2 is 2.16 bits per heavy atom. The Morgan fingerprint density at radius 3 is 2.80 bits per heavy atom. The van der Waals surface area contributed by atoms with Crippen LogP contribution in [0.25, 0.3) is 11.3 Å². The van der Waals surface area contributed by atoms with E-state index in [0.717, 1.165) is 24.1 Å². The normalized spacial score (nSPS) is 17.0. The molecule has 7 heteroatoms. The molecule has 2 aromatic rings. The smallest absolute Gasteiger partial charge is 0.271 e. The van der Waals surface area contributed by atoms with Crippen molar-refractivity contribution >= 4 is 11.6 Å². The van der Waals surface area contributed by atoms with Crippen molar-refractivity contribution in [1.82, 2.24) is 19.9 Å². The molecule has 3 heterocycles. The van der Waals surface area contributed by atoms with E-state index in [1.54, 1.807) is 17.3 Å². The van der Waals surface area contributed by atoms with E-state index in [4.69, 9.17) is 0 Å².